The third-order valence-electron chi connectivity index (χ3n) is 7.58. The van der Waals surface area contributed by atoms with Crippen molar-refractivity contribution in [1.82, 2.24) is 4.98 Å². The van der Waals surface area contributed by atoms with Gasteiger partial charge in [0, 0.05) is 35.3 Å². The number of pyridine rings is 1. The van der Waals surface area contributed by atoms with Gasteiger partial charge in [-0.2, -0.15) is 13.2 Å². The number of methoxy groups -OCH3 is 2. The molecule has 1 aliphatic carbocycles. The highest BCUT2D eigenvalue weighted by Gasteiger charge is 2.51. The molecule has 1 aromatic heterocycles. The summed E-state index contributed by atoms with van der Waals surface area (Å²) in [5.74, 6) is -5.66. The fourth-order valence-electron chi connectivity index (χ4n) is 5.74. The smallest absolute Gasteiger partial charge is 0.416 e. The summed E-state index contributed by atoms with van der Waals surface area (Å²) in [4.78, 5) is 46.4. The monoisotopic (exact) mass is 577 g/mol. The minimum absolute atomic E-state index is 0.0167. The number of alkyl halides is 3. The van der Waals surface area contributed by atoms with Gasteiger partial charge in [0.15, 0.2) is 5.78 Å². The van der Waals surface area contributed by atoms with Gasteiger partial charge in [-0.25, -0.2) is 4.79 Å². The molecule has 1 aliphatic heterocycles. The summed E-state index contributed by atoms with van der Waals surface area (Å²) < 4.78 is 51.4. The molecule has 0 radical (unpaired) electrons. The Morgan fingerprint density at radius 1 is 0.976 bits per heavy atom. The zero-order valence-corrected chi connectivity index (χ0v) is 22.6. The zero-order chi connectivity index (χ0) is 30.2. The van der Waals surface area contributed by atoms with Gasteiger partial charge < -0.3 is 15.2 Å². The predicted molar refractivity (Wildman–Crippen MR) is 145 cm³/mol. The second-order valence-corrected chi connectivity index (χ2v) is 9.84. The maximum atomic E-state index is 14.5. The number of carbonyl (C=O) groups excluding carboxylic acids is 3. The molecule has 11 heteroatoms. The molecule has 0 fully saturated rings. The molecule has 42 heavy (non-hydrogen) atoms. The first kappa shape index (κ1) is 28.6. The normalized spacial score (nSPS) is 20.7. The molecule has 3 aromatic rings. The first-order valence-electron chi connectivity index (χ1n) is 12.9. The Morgan fingerprint density at radius 2 is 1.69 bits per heavy atom. The molecule has 0 unspecified atom stereocenters. The van der Waals surface area contributed by atoms with Gasteiger partial charge >= 0.3 is 18.1 Å². The SMILES string of the molecule is COC(=O)C1=C(N)N(c2cccc(C(F)(F)F)c2)C2=C(C(=O)[C@@H](C(=O)OC)[C@@H](c3ccccc3)C2)[C@@H]1c1cccnc1. The van der Waals surface area contributed by atoms with E-state index in [-0.39, 0.29) is 34.8 Å². The van der Waals surface area contributed by atoms with Crippen LogP contribution in [0.1, 0.15) is 34.9 Å². The summed E-state index contributed by atoms with van der Waals surface area (Å²) >= 11 is 0. The molecule has 2 aliphatic rings. The number of ketones is 1. The molecule has 0 saturated heterocycles. The summed E-state index contributed by atoms with van der Waals surface area (Å²) in [7, 11) is 2.31. The molecule has 2 heterocycles. The number of allylic oxidation sites excluding steroid dienone is 2. The Morgan fingerprint density at radius 3 is 2.31 bits per heavy atom. The van der Waals surface area contributed by atoms with Crippen LogP contribution >= 0.6 is 0 Å². The number of nitrogens with two attached hydrogens (primary N) is 1. The Kier molecular flexibility index (Phi) is 7.59. The van der Waals surface area contributed by atoms with Crippen LogP contribution in [-0.2, 0) is 30.0 Å². The van der Waals surface area contributed by atoms with E-state index in [9.17, 15) is 27.6 Å². The van der Waals surface area contributed by atoms with Crippen molar-refractivity contribution in [2.45, 2.75) is 24.4 Å². The molecule has 3 atom stereocenters. The molecule has 2 N–H and O–H groups in total. The number of benzene rings is 2. The lowest BCUT2D eigenvalue weighted by Gasteiger charge is -2.44. The summed E-state index contributed by atoms with van der Waals surface area (Å²) in [6, 6.07) is 16.5. The van der Waals surface area contributed by atoms with Crippen LogP contribution in [0.4, 0.5) is 18.9 Å². The maximum Gasteiger partial charge on any atom is 0.416 e. The topological polar surface area (TPSA) is 112 Å². The van der Waals surface area contributed by atoms with Crippen molar-refractivity contribution in [2.75, 3.05) is 19.1 Å². The average molecular weight is 578 g/mol. The third-order valence-corrected chi connectivity index (χ3v) is 7.58. The lowest BCUT2D eigenvalue weighted by molar-refractivity contribution is -0.150. The van der Waals surface area contributed by atoms with Gasteiger partial charge in [0.2, 0.25) is 0 Å². The van der Waals surface area contributed by atoms with Crippen molar-refractivity contribution in [1.29, 1.82) is 0 Å². The van der Waals surface area contributed by atoms with Crippen LogP contribution < -0.4 is 10.6 Å². The highest BCUT2D eigenvalue weighted by Crippen LogP contribution is 2.51. The molecular formula is C31H26F3N3O5. The van der Waals surface area contributed by atoms with E-state index in [1.807, 2.05) is 0 Å². The average Bonchev–Trinajstić information content (AvgIpc) is 3.00. The Bertz CT molecular complexity index is 1600. The van der Waals surface area contributed by atoms with Crippen molar-refractivity contribution in [3.05, 3.63) is 118 Å². The predicted octanol–water partition coefficient (Wildman–Crippen LogP) is 4.85. The van der Waals surface area contributed by atoms with Gasteiger partial charge in [0.25, 0.3) is 0 Å². The second-order valence-electron chi connectivity index (χ2n) is 9.84. The largest absolute Gasteiger partial charge is 0.468 e. The number of Topliss-reactive ketones (excluding diaryl/α,β-unsaturated/α-hetero) is 1. The highest BCUT2D eigenvalue weighted by atomic mass is 19.4. The van der Waals surface area contributed by atoms with Gasteiger partial charge in [0.1, 0.15) is 11.7 Å². The number of carbonyl (C=O) groups is 3. The Hall–Kier alpha value is -4.93. The van der Waals surface area contributed by atoms with Crippen molar-refractivity contribution >= 4 is 23.4 Å². The second kappa shape index (κ2) is 11.2. The molecule has 0 spiro atoms. The van der Waals surface area contributed by atoms with E-state index in [4.69, 9.17) is 15.2 Å². The van der Waals surface area contributed by atoms with E-state index in [2.05, 4.69) is 4.98 Å². The number of hydrogen-bond acceptors (Lipinski definition) is 8. The number of aromatic nitrogens is 1. The number of halogens is 3. The van der Waals surface area contributed by atoms with Gasteiger partial charge in [-0.1, -0.05) is 42.5 Å². The third kappa shape index (κ3) is 4.91. The fraction of sp³-hybridized carbons (Fsp3) is 0.226. The lowest BCUT2D eigenvalue weighted by Crippen LogP contribution is -2.46. The summed E-state index contributed by atoms with van der Waals surface area (Å²) in [5.41, 5.74) is 6.85. The number of ether oxygens (including phenoxy) is 2. The van der Waals surface area contributed by atoms with Gasteiger partial charge in [-0.15, -0.1) is 0 Å². The molecular weight excluding hydrogens is 551 g/mol. The van der Waals surface area contributed by atoms with Crippen LogP contribution in [0, 0.1) is 5.92 Å². The quantitative estimate of drug-likeness (QED) is 0.339. The molecule has 216 valence electrons. The minimum Gasteiger partial charge on any atom is -0.468 e. The van der Waals surface area contributed by atoms with E-state index in [1.54, 1.807) is 42.5 Å². The van der Waals surface area contributed by atoms with Crippen LogP contribution in [0.5, 0.6) is 0 Å². The zero-order valence-electron chi connectivity index (χ0n) is 22.6. The number of anilines is 1. The van der Waals surface area contributed by atoms with E-state index in [0.29, 0.717) is 11.1 Å². The van der Waals surface area contributed by atoms with Crippen molar-refractivity contribution in [3.8, 4) is 0 Å². The lowest BCUT2D eigenvalue weighted by atomic mass is 9.67. The first-order chi connectivity index (χ1) is 20.1. The van der Waals surface area contributed by atoms with E-state index < -0.39 is 47.2 Å². The fourth-order valence-corrected chi connectivity index (χ4v) is 5.74. The van der Waals surface area contributed by atoms with Crippen LogP contribution in [0.25, 0.3) is 0 Å². The van der Waals surface area contributed by atoms with E-state index >= 15 is 0 Å². The molecule has 2 aromatic carbocycles. The highest BCUT2D eigenvalue weighted by molar-refractivity contribution is 6.14. The Labute approximate surface area is 239 Å². The van der Waals surface area contributed by atoms with Crippen LogP contribution in [0.15, 0.2) is 102 Å². The number of rotatable bonds is 5. The molecule has 0 amide bonds. The van der Waals surface area contributed by atoms with Gasteiger partial charge in [-0.3, -0.25) is 19.5 Å². The molecule has 5 rings (SSSR count). The first-order valence-corrected chi connectivity index (χ1v) is 12.9. The minimum atomic E-state index is -4.67. The standard InChI is InChI=1S/C31H26F3N3O5/c1-41-29(39)24-21(17-8-4-3-5-9-17)15-22-25(27(24)38)23(18-10-7-13-36-16-18)26(30(40)42-2)28(35)37(22)20-12-6-11-19(14-20)31(32,33)34/h3-14,16,21,23-24H,15,35H2,1-2H3/t21-,23+,24+/m1/s1. The van der Waals surface area contributed by atoms with Crippen molar-refractivity contribution in [2.24, 2.45) is 11.7 Å². The van der Waals surface area contributed by atoms with Crippen molar-refractivity contribution < 1.29 is 37.0 Å². The summed E-state index contributed by atoms with van der Waals surface area (Å²) in [6.45, 7) is 0. The number of nitrogens with zero attached hydrogens (tertiary/aromatic N) is 2. The van der Waals surface area contributed by atoms with Gasteiger partial charge in [0.05, 0.1) is 31.3 Å². The van der Waals surface area contributed by atoms with E-state index in [1.165, 1.54) is 36.5 Å². The molecule has 0 bridgehead atoms. The summed E-state index contributed by atoms with van der Waals surface area (Å²) in [5, 5.41) is 0. The van der Waals surface area contributed by atoms with Crippen LogP contribution in [-0.4, -0.2) is 36.9 Å². The number of hydrogen-bond donors (Lipinski definition) is 1. The van der Waals surface area contributed by atoms with Crippen molar-refractivity contribution in [3.63, 3.8) is 0 Å². The van der Waals surface area contributed by atoms with Crippen LogP contribution in [0.3, 0.4) is 0 Å². The molecule has 0 saturated carbocycles. The Balaban J connectivity index is 1.84. The maximum absolute atomic E-state index is 14.5. The van der Waals surface area contributed by atoms with E-state index in [0.717, 1.165) is 19.2 Å². The number of esters is 2. The molecule has 8 nitrogen and oxygen atoms in total. The van der Waals surface area contributed by atoms with Crippen LogP contribution in [0.2, 0.25) is 0 Å². The van der Waals surface area contributed by atoms with Gasteiger partial charge in [-0.05, 0) is 41.8 Å². The summed E-state index contributed by atoms with van der Waals surface area (Å²) in [6.07, 6.45) is -1.69.